The molecular formula is C16H31N5O2. The first kappa shape index (κ1) is 17.8. The fraction of sp³-hybridized carbons (Fsp3) is 0.875. The lowest BCUT2D eigenvalue weighted by Gasteiger charge is -2.31. The minimum absolute atomic E-state index is 0.214. The van der Waals surface area contributed by atoms with Crippen molar-refractivity contribution >= 4 is 12.1 Å². The van der Waals surface area contributed by atoms with Crippen molar-refractivity contribution in [2.75, 3.05) is 39.3 Å². The summed E-state index contributed by atoms with van der Waals surface area (Å²) in [5, 5.41) is 3.30. The number of amides is 1. The number of hydrogen-bond acceptors (Lipinski definition) is 4. The predicted octanol–water partition coefficient (Wildman–Crippen LogP) is 0.996. The molecule has 2 rings (SSSR count). The Morgan fingerprint density at radius 3 is 2.65 bits per heavy atom. The van der Waals surface area contributed by atoms with Gasteiger partial charge in [0.05, 0.1) is 13.2 Å². The number of nitrogens with zero attached hydrogens (tertiary/aromatic N) is 3. The molecule has 2 fully saturated rings. The Bertz CT molecular complexity index is 407. The third-order valence-electron chi connectivity index (χ3n) is 4.75. The van der Waals surface area contributed by atoms with E-state index in [-0.39, 0.29) is 12.1 Å². The summed E-state index contributed by atoms with van der Waals surface area (Å²) in [6.45, 7) is 8.89. The van der Waals surface area contributed by atoms with Crippen molar-refractivity contribution in [2.24, 2.45) is 10.7 Å². The molecule has 7 nitrogen and oxygen atoms in total. The molecule has 1 amide bonds. The molecule has 0 aliphatic carbocycles. The first-order chi connectivity index (χ1) is 11.1. The van der Waals surface area contributed by atoms with Crippen molar-refractivity contribution in [3.63, 3.8) is 0 Å². The van der Waals surface area contributed by atoms with Gasteiger partial charge in [-0.2, -0.15) is 0 Å². The molecule has 2 heterocycles. The second kappa shape index (κ2) is 8.96. The Labute approximate surface area is 139 Å². The molecule has 132 valence electrons. The van der Waals surface area contributed by atoms with Crippen LogP contribution in [-0.4, -0.2) is 73.3 Å². The van der Waals surface area contributed by atoms with Gasteiger partial charge in [0.1, 0.15) is 0 Å². The van der Waals surface area contributed by atoms with Gasteiger partial charge in [-0.1, -0.05) is 6.92 Å². The number of ether oxygens (including phenoxy) is 1. The number of likely N-dealkylation sites (N-methyl/N-ethyl adjacent to an activating group) is 1. The highest BCUT2D eigenvalue weighted by atomic mass is 16.6. The maximum absolute atomic E-state index is 11.7. The molecule has 23 heavy (non-hydrogen) atoms. The SMILES string of the molecule is CCOC(=O)N1CCC(NC(N)=NCC2CCCN2CC)CC1. The predicted molar refractivity (Wildman–Crippen MR) is 91.5 cm³/mol. The lowest BCUT2D eigenvalue weighted by molar-refractivity contribution is 0.0963. The molecule has 0 aromatic heterocycles. The van der Waals surface area contributed by atoms with Crippen LogP contribution in [0.4, 0.5) is 4.79 Å². The Hall–Kier alpha value is -1.50. The number of piperidine rings is 1. The molecule has 0 bridgehead atoms. The summed E-state index contributed by atoms with van der Waals surface area (Å²) in [4.78, 5) is 20.4. The number of carbonyl (C=O) groups is 1. The summed E-state index contributed by atoms with van der Waals surface area (Å²) in [5.74, 6) is 0.530. The molecule has 0 spiro atoms. The van der Waals surface area contributed by atoms with Crippen LogP contribution in [0.25, 0.3) is 0 Å². The molecule has 7 heteroatoms. The summed E-state index contributed by atoms with van der Waals surface area (Å²) in [6, 6.07) is 0.821. The van der Waals surface area contributed by atoms with Gasteiger partial charge < -0.3 is 20.7 Å². The number of nitrogens with one attached hydrogen (secondary N) is 1. The fourth-order valence-electron chi connectivity index (χ4n) is 3.40. The second-order valence-corrected chi connectivity index (χ2v) is 6.26. The highest BCUT2D eigenvalue weighted by molar-refractivity contribution is 5.78. The summed E-state index contributed by atoms with van der Waals surface area (Å²) in [6.07, 6.45) is 4.00. The van der Waals surface area contributed by atoms with Crippen molar-refractivity contribution in [3.8, 4) is 0 Å². The van der Waals surface area contributed by atoms with Crippen molar-refractivity contribution in [3.05, 3.63) is 0 Å². The Morgan fingerprint density at radius 2 is 2.00 bits per heavy atom. The maximum atomic E-state index is 11.7. The van der Waals surface area contributed by atoms with E-state index in [0.29, 0.717) is 31.7 Å². The third kappa shape index (κ3) is 5.27. The minimum atomic E-state index is -0.214. The number of rotatable bonds is 5. The molecule has 2 saturated heterocycles. The van der Waals surface area contributed by atoms with Crippen LogP contribution in [0.5, 0.6) is 0 Å². The van der Waals surface area contributed by atoms with Gasteiger partial charge in [-0.15, -0.1) is 0 Å². The van der Waals surface area contributed by atoms with Crippen LogP contribution in [0.2, 0.25) is 0 Å². The molecule has 1 unspecified atom stereocenters. The van der Waals surface area contributed by atoms with E-state index in [4.69, 9.17) is 10.5 Å². The van der Waals surface area contributed by atoms with E-state index in [1.54, 1.807) is 4.90 Å². The lowest BCUT2D eigenvalue weighted by atomic mass is 10.1. The first-order valence-corrected chi connectivity index (χ1v) is 8.86. The van der Waals surface area contributed by atoms with Crippen LogP contribution < -0.4 is 11.1 Å². The molecule has 0 aromatic rings. The van der Waals surface area contributed by atoms with Gasteiger partial charge >= 0.3 is 6.09 Å². The Kier molecular flexibility index (Phi) is 6.95. The second-order valence-electron chi connectivity index (χ2n) is 6.26. The zero-order valence-corrected chi connectivity index (χ0v) is 14.5. The van der Waals surface area contributed by atoms with E-state index < -0.39 is 0 Å². The number of hydrogen-bond donors (Lipinski definition) is 2. The first-order valence-electron chi connectivity index (χ1n) is 8.86. The van der Waals surface area contributed by atoms with Gasteiger partial charge in [-0.05, 0) is 45.7 Å². The summed E-state index contributed by atoms with van der Waals surface area (Å²) < 4.78 is 5.03. The molecule has 0 aromatic carbocycles. The molecule has 1 atom stereocenters. The average molecular weight is 325 g/mol. The van der Waals surface area contributed by atoms with E-state index in [1.165, 1.54) is 19.4 Å². The van der Waals surface area contributed by atoms with E-state index in [2.05, 4.69) is 22.1 Å². The summed E-state index contributed by atoms with van der Waals surface area (Å²) in [5.41, 5.74) is 6.03. The quantitative estimate of drug-likeness (QED) is 0.582. The summed E-state index contributed by atoms with van der Waals surface area (Å²) in [7, 11) is 0. The number of aliphatic imine (C=N–C) groups is 1. The van der Waals surface area contributed by atoms with Crippen LogP contribution in [0.3, 0.4) is 0 Å². The van der Waals surface area contributed by atoms with E-state index in [9.17, 15) is 4.79 Å². The highest BCUT2D eigenvalue weighted by Crippen LogP contribution is 2.16. The number of carbonyl (C=O) groups excluding carboxylic acids is 1. The van der Waals surface area contributed by atoms with Crippen LogP contribution >= 0.6 is 0 Å². The van der Waals surface area contributed by atoms with Crippen LogP contribution in [0, 0.1) is 0 Å². The normalized spacial score (nSPS) is 24.0. The molecular weight excluding hydrogens is 294 g/mol. The van der Waals surface area contributed by atoms with Crippen molar-refractivity contribution in [2.45, 2.75) is 51.6 Å². The Morgan fingerprint density at radius 1 is 1.26 bits per heavy atom. The Balaban J connectivity index is 1.71. The van der Waals surface area contributed by atoms with E-state index in [1.807, 2.05) is 6.92 Å². The van der Waals surface area contributed by atoms with Gasteiger partial charge in [0, 0.05) is 25.2 Å². The van der Waals surface area contributed by atoms with Crippen LogP contribution in [0.15, 0.2) is 4.99 Å². The molecule has 2 aliphatic heterocycles. The topological polar surface area (TPSA) is 83.2 Å². The molecule has 3 N–H and O–H groups in total. The third-order valence-corrected chi connectivity index (χ3v) is 4.75. The number of likely N-dealkylation sites (tertiary alicyclic amines) is 2. The van der Waals surface area contributed by atoms with E-state index in [0.717, 1.165) is 25.9 Å². The van der Waals surface area contributed by atoms with Crippen molar-refractivity contribution in [1.82, 2.24) is 15.1 Å². The fourth-order valence-corrected chi connectivity index (χ4v) is 3.40. The highest BCUT2D eigenvalue weighted by Gasteiger charge is 2.24. The summed E-state index contributed by atoms with van der Waals surface area (Å²) >= 11 is 0. The monoisotopic (exact) mass is 325 g/mol. The average Bonchev–Trinajstić information content (AvgIpc) is 3.01. The van der Waals surface area contributed by atoms with Crippen molar-refractivity contribution < 1.29 is 9.53 Å². The van der Waals surface area contributed by atoms with E-state index >= 15 is 0 Å². The largest absolute Gasteiger partial charge is 0.450 e. The molecule has 0 radical (unpaired) electrons. The van der Waals surface area contributed by atoms with Gasteiger partial charge in [0.15, 0.2) is 5.96 Å². The van der Waals surface area contributed by atoms with Crippen LogP contribution in [-0.2, 0) is 4.74 Å². The van der Waals surface area contributed by atoms with Gasteiger partial charge in [-0.25, -0.2) is 4.79 Å². The number of guanidine groups is 1. The smallest absolute Gasteiger partial charge is 0.409 e. The van der Waals surface area contributed by atoms with Gasteiger partial charge in [0.2, 0.25) is 0 Å². The van der Waals surface area contributed by atoms with Crippen LogP contribution in [0.1, 0.15) is 39.5 Å². The zero-order valence-electron chi connectivity index (χ0n) is 14.5. The van der Waals surface area contributed by atoms with Crippen molar-refractivity contribution in [1.29, 1.82) is 0 Å². The zero-order chi connectivity index (χ0) is 16.7. The maximum Gasteiger partial charge on any atom is 0.409 e. The van der Waals surface area contributed by atoms with Gasteiger partial charge in [0.25, 0.3) is 0 Å². The lowest BCUT2D eigenvalue weighted by Crippen LogP contribution is -2.48. The standard InChI is InChI=1S/C16H31N5O2/c1-3-20-9-5-6-14(20)12-18-15(17)19-13-7-10-21(11-8-13)16(22)23-4-2/h13-14H,3-12H2,1-2H3,(H3,17,18,19). The minimum Gasteiger partial charge on any atom is -0.450 e. The molecule has 2 aliphatic rings. The van der Waals surface area contributed by atoms with Gasteiger partial charge in [-0.3, -0.25) is 9.89 Å². The number of nitrogens with two attached hydrogens (primary N) is 1. The molecule has 0 saturated carbocycles.